The molecule has 3 heterocycles. The lowest BCUT2D eigenvalue weighted by atomic mass is 9.85. The van der Waals surface area contributed by atoms with E-state index in [-0.39, 0.29) is 6.61 Å². The van der Waals surface area contributed by atoms with Crippen LogP contribution in [0.15, 0.2) is 0 Å². The largest absolute Gasteiger partial charge is 0.394 e. The molecule has 3 aliphatic rings. The molecule has 0 saturated carbocycles. The van der Waals surface area contributed by atoms with E-state index in [0.29, 0.717) is 6.42 Å². The van der Waals surface area contributed by atoms with Crippen LogP contribution in [0.3, 0.4) is 0 Å². The van der Waals surface area contributed by atoms with Crippen LogP contribution in [0, 0.1) is 5.92 Å². The van der Waals surface area contributed by atoms with Crippen molar-refractivity contribution in [3.63, 3.8) is 0 Å². The number of aliphatic hydroxyl groups is 9. The minimum absolute atomic E-state index is 0.155. The summed E-state index contributed by atoms with van der Waals surface area (Å²) in [6.07, 6.45) is -18.1. The van der Waals surface area contributed by atoms with Crippen LogP contribution < -0.4 is 0 Å². The van der Waals surface area contributed by atoms with E-state index < -0.39 is 105 Å². The molecule has 9 N–H and O–H groups in total. The molecule has 14 nitrogen and oxygen atoms in total. The molecule has 15 atom stereocenters. The number of ether oxygens (including phenoxy) is 5. The van der Waals surface area contributed by atoms with Crippen molar-refractivity contribution in [3.05, 3.63) is 0 Å². The lowest BCUT2D eigenvalue weighted by Crippen LogP contribution is -2.62. The molecule has 0 aromatic heterocycles. The highest BCUT2D eigenvalue weighted by Gasteiger charge is 2.48. The van der Waals surface area contributed by atoms with Crippen molar-refractivity contribution < 1.29 is 69.6 Å². The van der Waals surface area contributed by atoms with E-state index in [2.05, 4.69) is 0 Å². The molecule has 0 bridgehead atoms. The van der Waals surface area contributed by atoms with Gasteiger partial charge < -0.3 is 69.6 Å². The molecule has 206 valence electrons. The van der Waals surface area contributed by atoms with Gasteiger partial charge in [-0.3, -0.25) is 0 Å². The zero-order valence-corrected chi connectivity index (χ0v) is 19.6. The molecule has 35 heavy (non-hydrogen) atoms. The average Bonchev–Trinajstić information content (AvgIpc) is 2.84. The number of hydrogen-bond donors (Lipinski definition) is 9. The quantitative estimate of drug-likeness (QED) is 0.148. The van der Waals surface area contributed by atoms with Gasteiger partial charge in [0.1, 0.15) is 54.9 Å². The fraction of sp³-hybridized carbons (Fsp3) is 1.00. The van der Waals surface area contributed by atoms with Gasteiger partial charge in [-0.2, -0.15) is 0 Å². The maximum Gasteiger partial charge on any atom is 0.186 e. The Morgan fingerprint density at radius 3 is 1.57 bits per heavy atom. The molecule has 3 saturated heterocycles. The highest BCUT2D eigenvalue weighted by molar-refractivity contribution is 4.93. The van der Waals surface area contributed by atoms with Crippen LogP contribution in [0.4, 0.5) is 0 Å². The van der Waals surface area contributed by atoms with Gasteiger partial charge in [-0.1, -0.05) is 6.92 Å². The topological polar surface area (TPSA) is 228 Å². The van der Waals surface area contributed by atoms with Crippen molar-refractivity contribution in [1.29, 1.82) is 0 Å². The van der Waals surface area contributed by atoms with Crippen LogP contribution in [-0.4, -0.2) is 152 Å². The summed E-state index contributed by atoms with van der Waals surface area (Å²) in [6, 6.07) is 0. The van der Waals surface area contributed by atoms with Gasteiger partial charge in [0, 0.05) is 5.92 Å². The molecular formula is C21H38O14. The Kier molecular flexibility index (Phi) is 10.2. The second-order valence-corrected chi connectivity index (χ2v) is 9.31. The van der Waals surface area contributed by atoms with Crippen molar-refractivity contribution in [2.75, 3.05) is 19.8 Å². The molecule has 3 aliphatic heterocycles. The van der Waals surface area contributed by atoms with Crippen LogP contribution in [0.25, 0.3) is 0 Å². The van der Waals surface area contributed by atoms with Gasteiger partial charge in [0.05, 0.1) is 38.1 Å². The summed E-state index contributed by atoms with van der Waals surface area (Å²) in [5, 5.41) is 90.4. The minimum atomic E-state index is -1.68. The first kappa shape index (κ1) is 29.0. The van der Waals surface area contributed by atoms with Gasteiger partial charge in [0.2, 0.25) is 0 Å². The Morgan fingerprint density at radius 2 is 1.06 bits per heavy atom. The normalized spacial score (nSPS) is 51.3. The van der Waals surface area contributed by atoms with Gasteiger partial charge >= 0.3 is 0 Å². The molecule has 3 fully saturated rings. The first-order valence-corrected chi connectivity index (χ1v) is 11.8. The van der Waals surface area contributed by atoms with E-state index in [9.17, 15) is 46.0 Å². The number of aliphatic hydroxyl groups excluding tert-OH is 9. The van der Waals surface area contributed by atoms with Crippen molar-refractivity contribution in [2.24, 2.45) is 5.92 Å². The Balaban J connectivity index is 1.60. The van der Waals surface area contributed by atoms with Gasteiger partial charge in [0.15, 0.2) is 12.6 Å². The molecule has 0 aromatic rings. The average molecular weight is 515 g/mol. The third-order valence-electron chi connectivity index (χ3n) is 6.97. The summed E-state index contributed by atoms with van der Waals surface area (Å²) in [4.78, 5) is 0. The van der Waals surface area contributed by atoms with Crippen LogP contribution in [0.2, 0.25) is 0 Å². The van der Waals surface area contributed by atoms with Crippen molar-refractivity contribution in [2.45, 2.75) is 106 Å². The fourth-order valence-corrected chi connectivity index (χ4v) is 4.65. The highest BCUT2D eigenvalue weighted by atomic mass is 16.7. The SMILES string of the molecule is CC[C@H]1C(CO[C@@H]2OC(CO[C@@H]3OC(CO)[C@H](O)C(O)C3O)[C@H](O)C(O)C2O)OC(C)C(O)C1O. The summed E-state index contributed by atoms with van der Waals surface area (Å²) in [5.41, 5.74) is 0. The number of hydrogen-bond acceptors (Lipinski definition) is 14. The highest BCUT2D eigenvalue weighted by Crippen LogP contribution is 2.30. The Hall–Kier alpha value is -0.560. The molecule has 3 rings (SSSR count). The second kappa shape index (κ2) is 12.3. The molecule has 0 spiro atoms. The molecular weight excluding hydrogens is 476 g/mol. The second-order valence-electron chi connectivity index (χ2n) is 9.31. The van der Waals surface area contributed by atoms with E-state index in [1.807, 2.05) is 6.92 Å². The smallest absolute Gasteiger partial charge is 0.186 e. The number of rotatable bonds is 8. The van der Waals surface area contributed by atoms with Gasteiger partial charge in [-0.05, 0) is 13.3 Å². The Bertz CT molecular complexity index is 654. The third kappa shape index (κ3) is 6.13. The van der Waals surface area contributed by atoms with Crippen LogP contribution in [-0.2, 0) is 23.7 Å². The molecule has 0 amide bonds. The lowest BCUT2D eigenvalue weighted by Gasteiger charge is -2.44. The summed E-state index contributed by atoms with van der Waals surface area (Å²) in [5.74, 6) is -0.456. The maximum absolute atomic E-state index is 10.3. The lowest BCUT2D eigenvalue weighted by molar-refractivity contribution is -0.335. The zero-order chi connectivity index (χ0) is 26.0. The van der Waals surface area contributed by atoms with Crippen LogP contribution in [0.5, 0.6) is 0 Å². The molecule has 0 radical (unpaired) electrons. The summed E-state index contributed by atoms with van der Waals surface area (Å²) in [7, 11) is 0. The molecule has 10 unspecified atom stereocenters. The molecule has 0 aromatic carbocycles. The predicted octanol–water partition coefficient (Wildman–Crippen LogP) is -4.84. The van der Waals surface area contributed by atoms with E-state index in [0.717, 1.165) is 0 Å². The monoisotopic (exact) mass is 514 g/mol. The van der Waals surface area contributed by atoms with Gasteiger partial charge in [0.25, 0.3) is 0 Å². The van der Waals surface area contributed by atoms with Crippen LogP contribution in [0.1, 0.15) is 20.3 Å². The van der Waals surface area contributed by atoms with Crippen molar-refractivity contribution in [3.8, 4) is 0 Å². The standard InChI is InChI=1S/C21H38O14/c1-3-8-10(33-7(2)12(23)13(8)24)5-31-21-19(30)17(28)15(26)11(35-21)6-32-20-18(29)16(27)14(25)9(4-22)34-20/h7-30H,3-6H2,1-2H3/t7?,8-,9?,10?,11?,12?,13?,14-,15-,16?,17?,18?,19?,20+,21+/m0/s1. The zero-order valence-electron chi connectivity index (χ0n) is 19.6. The Labute approximate surface area is 202 Å². The third-order valence-corrected chi connectivity index (χ3v) is 6.97. The van der Waals surface area contributed by atoms with Crippen molar-refractivity contribution in [1.82, 2.24) is 0 Å². The first-order chi connectivity index (χ1) is 16.5. The van der Waals surface area contributed by atoms with Gasteiger partial charge in [-0.25, -0.2) is 0 Å². The maximum atomic E-state index is 10.3. The first-order valence-electron chi connectivity index (χ1n) is 11.8. The molecule has 0 aliphatic carbocycles. The van der Waals surface area contributed by atoms with Crippen LogP contribution >= 0.6 is 0 Å². The summed E-state index contributed by atoms with van der Waals surface area (Å²) < 4.78 is 27.5. The predicted molar refractivity (Wildman–Crippen MR) is 112 cm³/mol. The van der Waals surface area contributed by atoms with Crippen molar-refractivity contribution >= 4 is 0 Å². The van der Waals surface area contributed by atoms with E-state index >= 15 is 0 Å². The summed E-state index contributed by atoms with van der Waals surface area (Å²) in [6.45, 7) is 2.13. The van der Waals surface area contributed by atoms with E-state index in [1.165, 1.54) is 0 Å². The molecule has 14 heteroatoms. The van der Waals surface area contributed by atoms with E-state index in [4.69, 9.17) is 23.7 Å². The van der Waals surface area contributed by atoms with Gasteiger partial charge in [-0.15, -0.1) is 0 Å². The minimum Gasteiger partial charge on any atom is -0.394 e. The van der Waals surface area contributed by atoms with E-state index in [1.54, 1.807) is 6.92 Å². The Morgan fingerprint density at radius 1 is 0.571 bits per heavy atom. The summed E-state index contributed by atoms with van der Waals surface area (Å²) >= 11 is 0. The fourth-order valence-electron chi connectivity index (χ4n) is 4.65.